The molecule has 0 saturated carbocycles. The highest BCUT2D eigenvalue weighted by atomic mass is 16.4. The average molecular weight is 239 g/mol. The minimum Gasteiger partial charge on any atom is -0.480 e. The molecule has 1 aliphatic rings. The summed E-state index contributed by atoms with van der Waals surface area (Å²) in [5.41, 5.74) is 0. The van der Waals surface area contributed by atoms with Crippen LogP contribution in [0, 0.1) is 12.3 Å². The van der Waals surface area contributed by atoms with E-state index < -0.39 is 5.97 Å². The van der Waals surface area contributed by atoms with Crippen molar-refractivity contribution in [2.45, 2.75) is 0 Å². The van der Waals surface area contributed by atoms with Crippen molar-refractivity contribution >= 4 is 11.9 Å². The molecule has 0 spiro atoms. The quantitative estimate of drug-likeness (QED) is 0.448. The van der Waals surface area contributed by atoms with E-state index in [4.69, 9.17) is 11.5 Å². The molecule has 0 aromatic rings. The summed E-state index contributed by atoms with van der Waals surface area (Å²) in [5.74, 6) is 1.58. The molecule has 1 heterocycles. The Morgan fingerprint density at radius 2 is 1.94 bits per heavy atom. The molecular formula is C11H17N3O3. The van der Waals surface area contributed by atoms with Crippen LogP contribution in [-0.2, 0) is 9.59 Å². The van der Waals surface area contributed by atoms with Crippen LogP contribution < -0.4 is 5.32 Å². The van der Waals surface area contributed by atoms with Gasteiger partial charge in [0.15, 0.2) is 0 Å². The largest absolute Gasteiger partial charge is 0.480 e. The number of carbonyl (C=O) groups is 2. The van der Waals surface area contributed by atoms with Crippen LogP contribution in [0.3, 0.4) is 0 Å². The van der Waals surface area contributed by atoms with Crippen LogP contribution in [0.2, 0.25) is 0 Å². The second-order valence-corrected chi connectivity index (χ2v) is 3.86. The van der Waals surface area contributed by atoms with Crippen LogP contribution in [0.15, 0.2) is 0 Å². The Balaban J connectivity index is 2.24. The van der Waals surface area contributed by atoms with Crippen molar-refractivity contribution < 1.29 is 14.7 Å². The van der Waals surface area contributed by atoms with Crippen LogP contribution in [-0.4, -0.2) is 72.6 Å². The van der Waals surface area contributed by atoms with E-state index in [1.54, 1.807) is 4.90 Å². The minimum atomic E-state index is -0.833. The van der Waals surface area contributed by atoms with Gasteiger partial charge in [-0.1, -0.05) is 5.92 Å². The van der Waals surface area contributed by atoms with Gasteiger partial charge in [0.2, 0.25) is 5.91 Å². The standard InChI is InChI=1S/C11H17N3O3/c1-2-3-12-8-10(15)14-6-4-13(5-7-14)9-11(16)17/h1,12H,3-9H2,(H,16,17). The van der Waals surface area contributed by atoms with E-state index in [1.165, 1.54) is 0 Å². The number of nitrogens with zero attached hydrogens (tertiary/aromatic N) is 2. The van der Waals surface area contributed by atoms with Gasteiger partial charge in [-0.25, -0.2) is 0 Å². The third-order valence-corrected chi connectivity index (χ3v) is 2.59. The van der Waals surface area contributed by atoms with Gasteiger partial charge in [-0.2, -0.15) is 0 Å². The van der Waals surface area contributed by atoms with Gasteiger partial charge in [0.25, 0.3) is 0 Å². The van der Waals surface area contributed by atoms with E-state index in [-0.39, 0.29) is 19.0 Å². The summed E-state index contributed by atoms with van der Waals surface area (Å²) < 4.78 is 0. The summed E-state index contributed by atoms with van der Waals surface area (Å²) in [6, 6.07) is 0. The zero-order chi connectivity index (χ0) is 12.7. The Hall–Kier alpha value is -1.58. The van der Waals surface area contributed by atoms with Crippen molar-refractivity contribution in [3.8, 4) is 12.3 Å². The first-order chi connectivity index (χ1) is 8.13. The van der Waals surface area contributed by atoms with E-state index in [9.17, 15) is 9.59 Å². The molecule has 0 atom stereocenters. The van der Waals surface area contributed by atoms with E-state index in [2.05, 4.69) is 11.2 Å². The normalized spacial score (nSPS) is 16.5. The summed E-state index contributed by atoms with van der Waals surface area (Å²) >= 11 is 0. The van der Waals surface area contributed by atoms with E-state index in [0.717, 1.165) is 0 Å². The van der Waals surface area contributed by atoms with Gasteiger partial charge in [0.1, 0.15) is 0 Å². The zero-order valence-corrected chi connectivity index (χ0v) is 9.69. The number of carbonyl (C=O) groups excluding carboxylic acids is 1. The number of amides is 1. The van der Waals surface area contributed by atoms with Crippen LogP contribution in [0.1, 0.15) is 0 Å². The van der Waals surface area contributed by atoms with Gasteiger partial charge >= 0.3 is 5.97 Å². The molecule has 1 rings (SSSR count). The highest BCUT2D eigenvalue weighted by Gasteiger charge is 2.21. The number of carboxylic acid groups (broad SMARTS) is 1. The second-order valence-electron chi connectivity index (χ2n) is 3.86. The number of nitrogens with one attached hydrogen (secondary N) is 1. The lowest BCUT2D eigenvalue weighted by Crippen LogP contribution is -2.51. The molecule has 1 aliphatic heterocycles. The van der Waals surface area contributed by atoms with Gasteiger partial charge in [-0.15, -0.1) is 6.42 Å². The molecule has 0 aromatic carbocycles. The molecule has 1 saturated heterocycles. The molecule has 0 radical (unpaired) electrons. The van der Waals surface area contributed by atoms with E-state index in [0.29, 0.717) is 32.7 Å². The molecule has 0 aromatic heterocycles. The lowest BCUT2D eigenvalue weighted by molar-refractivity contribution is -0.139. The maximum Gasteiger partial charge on any atom is 0.317 e. The highest BCUT2D eigenvalue weighted by Crippen LogP contribution is 2.01. The SMILES string of the molecule is C#CCNCC(=O)N1CCN(CC(=O)O)CC1. The maximum atomic E-state index is 11.7. The number of hydrogen-bond acceptors (Lipinski definition) is 4. The third kappa shape index (κ3) is 4.85. The number of aliphatic carboxylic acids is 1. The predicted octanol–water partition coefficient (Wildman–Crippen LogP) is -1.56. The first-order valence-electron chi connectivity index (χ1n) is 5.49. The molecule has 17 heavy (non-hydrogen) atoms. The Kier molecular flexibility index (Phi) is 5.46. The third-order valence-electron chi connectivity index (χ3n) is 2.59. The Labute approximate surface area is 101 Å². The lowest BCUT2D eigenvalue weighted by Gasteiger charge is -2.33. The Morgan fingerprint density at radius 3 is 2.47 bits per heavy atom. The number of rotatable bonds is 5. The van der Waals surface area contributed by atoms with Crippen LogP contribution in [0.4, 0.5) is 0 Å². The summed E-state index contributed by atoms with van der Waals surface area (Å²) in [4.78, 5) is 25.7. The first kappa shape index (κ1) is 13.5. The maximum absolute atomic E-state index is 11.7. The smallest absolute Gasteiger partial charge is 0.317 e. The highest BCUT2D eigenvalue weighted by molar-refractivity contribution is 5.78. The molecule has 1 amide bonds. The van der Waals surface area contributed by atoms with E-state index >= 15 is 0 Å². The van der Waals surface area contributed by atoms with E-state index in [1.807, 2.05) is 4.90 Å². The molecule has 1 fully saturated rings. The molecule has 0 bridgehead atoms. The van der Waals surface area contributed by atoms with Crippen LogP contribution >= 0.6 is 0 Å². The fourth-order valence-electron chi connectivity index (χ4n) is 1.70. The van der Waals surface area contributed by atoms with Gasteiger partial charge < -0.3 is 10.0 Å². The Bertz CT molecular complexity index is 316. The summed E-state index contributed by atoms with van der Waals surface area (Å²) in [7, 11) is 0. The van der Waals surface area contributed by atoms with Crippen molar-refractivity contribution in [2.24, 2.45) is 0 Å². The Morgan fingerprint density at radius 1 is 1.29 bits per heavy atom. The fourth-order valence-corrected chi connectivity index (χ4v) is 1.70. The molecule has 94 valence electrons. The van der Waals surface area contributed by atoms with Crippen molar-refractivity contribution in [3.63, 3.8) is 0 Å². The molecule has 0 aliphatic carbocycles. The number of terminal acetylenes is 1. The van der Waals surface area contributed by atoms with Crippen LogP contribution in [0.25, 0.3) is 0 Å². The molecular weight excluding hydrogens is 222 g/mol. The van der Waals surface area contributed by atoms with Crippen molar-refractivity contribution in [3.05, 3.63) is 0 Å². The minimum absolute atomic E-state index is 0.00947. The average Bonchev–Trinajstić information content (AvgIpc) is 2.29. The predicted molar refractivity (Wildman–Crippen MR) is 62.4 cm³/mol. The fraction of sp³-hybridized carbons (Fsp3) is 0.636. The molecule has 2 N–H and O–H groups in total. The summed E-state index contributed by atoms with van der Waals surface area (Å²) in [6.07, 6.45) is 5.06. The van der Waals surface area contributed by atoms with Crippen molar-refractivity contribution in [1.82, 2.24) is 15.1 Å². The van der Waals surface area contributed by atoms with Gasteiger partial charge in [-0.05, 0) is 0 Å². The molecule has 0 unspecified atom stereocenters. The second kappa shape index (κ2) is 6.89. The number of carboxylic acids is 1. The first-order valence-corrected chi connectivity index (χ1v) is 5.49. The number of hydrogen-bond donors (Lipinski definition) is 2. The molecule has 6 nitrogen and oxygen atoms in total. The van der Waals surface area contributed by atoms with Gasteiger partial charge in [0.05, 0.1) is 19.6 Å². The monoisotopic (exact) mass is 239 g/mol. The summed E-state index contributed by atoms with van der Waals surface area (Å²) in [5, 5.41) is 11.5. The lowest BCUT2D eigenvalue weighted by atomic mass is 10.3. The van der Waals surface area contributed by atoms with Crippen molar-refractivity contribution in [1.29, 1.82) is 0 Å². The van der Waals surface area contributed by atoms with Crippen LogP contribution in [0.5, 0.6) is 0 Å². The topological polar surface area (TPSA) is 72.9 Å². The summed E-state index contributed by atoms with van der Waals surface area (Å²) in [6.45, 7) is 3.01. The zero-order valence-electron chi connectivity index (χ0n) is 9.69. The number of piperazine rings is 1. The van der Waals surface area contributed by atoms with Gasteiger partial charge in [0, 0.05) is 26.2 Å². The van der Waals surface area contributed by atoms with Crippen molar-refractivity contribution in [2.75, 3.05) is 45.8 Å². The van der Waals surface area contributed by atoms with Gasteiger partial charge in [-0.3, -0.25) is 19.8 Å². The molecule has 6 heteroatoms.